The Morgan fingerprint density at radius 3 is 2.56 bits per heavy atom. The summed E-state index contributed by atoms with van der Waals surface area (Å²) in [6, 6.07) is 6.15. The third-order valence-corrected chi connectivity index (χ3v) is 6.47. The third kappa shape index (κ3) is 4.43. The number of rotatable bonds is 6. The molecule has 1 aromatic carbocycles. The molecule has 1 aliphatic carbocycles. The molecule has 0 radical (unpaired) electrons. The highest BCUT2D eigenvalue weighted by molar-refractivity contribution is 5.83. The average molecular weight is 375 g/mol. The van der Waals surface area contributed by atoms with Crippen molar-refractivity contribution >= 4 is 5.91 Å². The van der Waals surface area contributed by atoms with Crippen LogP contribution in [0.2, 0.25) is 0 Å². The molecule has 2 heterocycles. The van der Waals surface area contributed by atoms with Crippen molar-refractivity contribution in [3.05, 3.63) is 30.1 Å². The maximum absolute atomic E-state index is 12.9. The summed E-state index contributed by atoms with van der Waals surface area (Å²) in [5, 5.41) is 3.40. The van der Waals surface area contributed by atoms with Crippen LogP contribution in [0, 0.1) is 17.2 Å². The Morgan fingerprint density at radius 2 is 1.85 bits per heavy atom. The number of amides is 1. The van der Waals surface area contributed by atoms with Crippen molar-refractivity contribution in [1.82, 2.24) is 15.1 Å². The van der Waals surface area contributed by atoms with Crippen LogP contribution in [-0.2, 0) is 4.79 Å². The van der Waals surface area contributed by atoms with Gasteiger partial charge in [0, 0.05) is 38.6 Å². The van der Waals surface area contributed by atoms with Crippen molar-refractivity contribution in [1.29, 1.82) is 0 Å². The van der Waals surface area contributed by atoms with Crippen molar-refractivity contribution in [2.24, 2.45) is 11.3 Å². The maximum atomic E-state index is 12.9. The summed E-state index contributed by atoms with van der Waals surface area (Å²) in [4.78, 5) is 17.3. The first kappa shape index (κ1) is 18.7. The number of halogens is 1. The molecule has 1 spiro atoms. The first-order valence-corrected chi connectivity index (χ1v) is 10.3. The van der Waals surface area contributed by atoms with Crippen LogP contribution in [0.3, 0.4) is 0 Å². The number of benzene rings is 1. The van der Waals surface area contributed by atoms with E-state index in [1.165, 1.54) is 12.1 Å². The van der Waals surface area contributed by atoms with Crippen LogP contribution in [0.4, 0.5) is 4.39 Å². The molecule has 4 rings (SSSR count). The minimum absolute atomic E-state index is 0.243. The lowest BCUT2D eigenvalue weighted by atomic mass is 9.91. The van der Waals surface area contributed by atoms with Crippen molar-refractivity contribution in [2.45, 2.75) is 25.7 Å². The second kappa shape index (κ2) is 8.15. The van der Waals surface area contributed by atoms with E-state index in [0.29, 0.717) is 23.7 Å². The molecular formula is C21H30FN3O2. The zero-order valence-corrected chi connectivity index (χ0v) is 16.0. The molecule has 2 aliphatic heterocycles. The summed E-state index contributed by atoms with van der Waals surface area (Å²) in [7, 11) is 0. The Kier molecular flexibility index (Phi) is 5.64. The minimum atomic E-state index is -0.243. The lowest BCUT2D eigenvalue weighted by Crippen LogP contribution is -2.50. The Labute approximate surface area is 160 Å². The molecular weight excluding hydrogens is 345 g/mol. The first-order chi connectivity index (χ1) is 13.2. The van der Waals surface area contributed by atoms with Gasteiger partial charge in [-0.3, -0.25) is 9.69 Å². The third-order valence-electron chi connectivity index (χ3n) is 6.47. The van der Waals surface area contributed by atoms with Crippen LogP contribution in [0.25, 0.3) is 0 Å². The number of hydrogen-bond donors (Lipinski definition) is 1. The fourth-order valence-electron chi connectivity index (χ4n) is 4.60. The van der Waals surface area contributed by atoms with E-state index in [1.54, 1.807) is 12.1 Å². The number of carbonyl (C=O) groups is 1. The predicted octanol–water partition coefficient (Wildman–Crippen LogP) is 2.13. The van der Waals surface area contributed by atoms with Gasteiger partial charge >= 0.3 is 0 Å². The largest absolute Gasteiger partial charge is 0.494 e. The molecule has 0 aromatic heterocycles. The van der Waals surface area contributed by atoms with Crippen molar-refractivity contribution < 1.29 is 13.9 Å². The van der Waals surface area contributed by atoms with Gasteiger partial charge in [0.25, 0.3) is 0 Å². The van der Waals surface area contributed by atoms with Crippen molar-refractivity contribution in [3.8, 4) is 5.75 Å². The molecule has 1 atom stereocenters. The fraction of sp³-hybridized carbons (Fsp3) is 0.667. The predicted molar refractivity (Wildman–Crippen MR) is 102 cm³/mol. The number of piperidine rings is 1. The Hall–Kier alpha value is -1.66. The molecule has 27 heavy (non-hydrogen) atoms. The van der Waals surface area contributed by atoms with Gasteiger partial charge in [-0.15, -0.1) is 0 Å². The van der Waals surface area contributed by atoms with E-state index in [-0.39, 0.29) is 11.7 Å². The van der Waals surface area contributed by atoms with Gasteiger partial charge in [-0.2, -0.15) is 0 Å². The lowest BCUT2D eigenvalue weighted by Gasteiger charge is -2.35. The molecule has 1 N–H and O–H groups in total. The van der Waals surface area contributed by atoms with E-state index >= 15 is 0 Å². The number of ether oxygens (including phenoxy) is 1. The molecule has 6 heteroatoms. The monoisotopic (exact) mass is 375 g/mol. The van der Waals surface area contributed by atoms with Gasteiger partial charge in [0.1, 0.15) is 11.6 Å². The highest BCUT2D eigenvalue weighted by atomic mass is 19.1. The summed E-state index contributed by atoms with van der Waals surface area (Å²) in [5.74, 6) is 1.15. The second-order valence-corrected chi connectivity index (χ2v) is 8.19. The van der Waals surface area contributed by atoms with Gasteiger partial charge < -0.3 is 15.0 Å². The molecule has 0 bridgehead atoms. The fourth-order valence-corrected chi connectivity index (χ4v) is 4.60. The van der Waals surface area contributed by atoms with Gasteiger partial charge in [0.05, 0.1) is 6.61 Å². The van der Waals surface area contributed by atoms with Crippen LogP contribution >= 0.6 is 0 Å². The first-order valence-electron chi connectivity index (χ1n) is 10.3. The number of nitrogens with zero attached hydrogens (tertiary/aromatic N) is 2. The van der Waals surface area contributed by atoms with Crippen molar-refractivity contribution in [3.63, 3.8) is 0 Å². The lowest BCUT2D eigenvalue weighted by molar-refractivity contribution is -0.135. The number of piperazine rings is 1. The van der Waals surface area contributed by atoms with E-state index in [2.05, 4.69) is 15.1 Å². The van der Waals surface area contributed by atoms with E-state index in [4.69, 9.17) is 4.74 Å². The van der Waals surface area contributed by atoms with Crippen LogP contribution < -0.4 is 10.1 Å². The van der Waals surface area contributed by atoms with Gasteiger partial charge in [-0.05, 0) is 68.5 Å². The quantitative estimate of drug-likeness (QED) is 0.774. The Bertz CT molecular complexity index is 637. The molecule has 1 saturated carbocycles. The molecule has 0 unspecified atom stereocenters. The second-order valence-electron chi connectivity index (χ2n) is 8.19. The summed E-state index contributed by atoms with van der Waals surface area (Å²) < 4.78 is 18.5. The molecule has 3 aliphatic rings. The highest BCUT2D eigenvalue weighted by Gasteiger charge is 2.58. The van der Waals surface area contributed by atoms with E-state index in [0.717, 1.165) is 71.5 Å². The molecule has 148 valence electrons. The SMILES string of the molecule is O=C([C@H]1CC12CCNCC2)N1CCN(CCCOc2ccc(F)cc2)CC1. The zero-order valence-electron chi connectivity index (χ0n) is 16.0. The average Bonchev–Trinajstić information content (AvgIpc) is 3.39. The van der Waals surface area contributed by atoms with Gasteiger partial charge in [0.2, 0.25) is 5.91 Å². The maximum Gasteiger partial charge on any atom is 0.226 e. The normalized spacial score (nSPS) is 24.8. The van der Waals surface area contributed by atoms with Crippen LogP contribution in [0.15, 0.2) is 24.3 Å². The Morgan fingerprint density at radius 1 is 1.15 bits per heavy atom. The summed E-state index contributed by atoms with van der Waals surface area (Å²) in [5.41, 5.74) is 0.331. The number of hydrogen-bond acceptors (Lipinski definition) is 4. The topological polar surface area (TPSA) is 44.8 Å². The molecule has 1 amide bonds. The van der Waals surface area contributed by atoms with Crippen LogP contribution in [0.1, 0.15) is 25.7 Å². The van der Waals surface area contributed by atoms with E-state index < -0.39 is 0 Å². The zero-order chi connectivity index (χ0) is 18.7. The smallest absolute Gasteiger partial charge is 0.226 e. The van der Waals surface area contributed by atoms with Crippen LogP contribution in [0.5, 0.6) is 5.75 Å². The Balaban J connectivity index is 1.13. The van der Waals surface area contributed by atoms with Gasteiger partial charge in [-0.25, -0.2) is 4.39 Å². The summed E-state index contributed by atoms with van der Waals surface area (Å²) in [6.07, 6.45) is 4.37. The van der Waals surface area contributed by atoms with Crippen LogP contribution in [-0.4, -0.2) is 68.1 Å². The molecule has 1 aromatic rings. The van der Waals surface area contributed by atoms with E-state index in [1.807, 2.05) is 0 Å². The number of carbonyl (C=O) groups excluding carboxylic acids is 1. The van der Waals surface area contributed by atoms with E-state index in [9.17, 15) is 9.18 Å². The van der Waals surface area contributed by atoms with Gasteiger partial charge in [0.15, 0.2) is 0 Å². The van der Waals surface area contributed by atoms with Crippen molar-refractivity contribution in [2.75, 3.05) is 52.4 Å². The van der Waals surface area contributed by atoms with Gasteiger partial charge in [-0.1, -0.05) is 0 Å². The summed E-state index contributed by atoms with van der Waals surface area (Å²) >= 11 is 0. The minimum Gasteiger partial charge on any atom is -0.494 e. The molecule has 2 saturated heterocycles. The summed E-state index contributed by atoms with van der Waals surface area (Å²) in [6.45, 7) is 7.33. The highest BCUT2D eigenvalue weighted by Crippen LogP contribution is 2.59. The standard InChI is InChI=1S/C21H30FN3O2/c22-17-2-4-18(5-3-17)27-15-1-10-24-11-13-25(14-12-24)20(26)19-16-21(19)6-8-23-9-7-21/h2-5,19,23H,1,6-16H2/t19-/m1/s1. The molecule has 3 fully saturated rings. The molecule has 5 nitrogen and oxygen atoms in total. The number of nitrogens with one attached hydrogen (secondary N) is 1.